The molecule has 1 amide bonds. The minimum atomic E-state index is -0.425. The topological polar surface area (TPSA) is 50.8 Å². The highest BCUT2D eigenvalue weighted by molar-refractivity contribution is 7.95. The van der Waals surface area contributed by atoms with Crippen molar-refractivity contribution < 1.29 is 14.3 Å². The third-order valence-electron chi connectivity index (χ3n) is 1.41. The van der Waals surface area contributed by atoms with Gasteiger partial charge in [0, 0.05) is 25.2 Å². The van der Waals surface area contributed by atoms with Crippen LogP contribution in [0.1, 0.15) is 0 Å². The van der Waals surface area contributed by atoms with Gasteiger partial charge in [-0.15, -0.1) is 0 Å². The summed E-state index contributed by atoms with van der Waals surface area (Å²) in [5.74, 6) is 0. The summed E-state index contributed by atoms with van der Waals surface area (Å²) in [7, 11) is 1.34. The lowest BCUT2D eigenvalue weighted by molar-refractivity contribution is 0.0769. The Morgan fingerprint density at radius 3 is 2.83 bits per heavy atom. The second-order valence-corrected chi connectivity index (χ2v) is 3.13. The van der Waals surface area contributed by atoms with Gasteiger partial charge in [0.25, 0.3) is 0 Å². The molecule has 1 heterocycles. The summed E-state index contributed by atoms with van der Waals surface area (Å²) in [6, 6.07) is 0. The summed E-state index contributed by atoms with van der Waals surface area (Å²) in [4.78, 5) is 10.6. The highest BCUT2D eigenvalue weighted by atomic mass is 32.2. The van der Waals surface area contributed by atoms with Crippen molar-refractivity contribution >= 4 is 18.2 Å². The van der Waals surface area contributed by atoms with Crippen molar-refractivity contribution in [2.75, 3.05) is 33.4 Å². The highest BCUT2D eigenvalue weighted by Gasteiger charge is 2.11. The minimum absolute atomic E-state index is 0.425. The van der Waals surface area contributed by atoms with Crippen LogP contribution in [-0.2, 0) is 9.47 Å². The smallest absolute Gasteiger partial charge is 0.417 e. The molecule has 0 aromatic carbocycles. The van der Waals surface area contributed by atoms with Crippen LogP contribution in [0.15, 0.2) is 0 Å². The Kier molecular flexibility index (Phi) is 4.20. The summed E-state index contributed by atoms with van der Waals surface area (Å²) in [6.07, 6.45) is -0.425. The third kappa shape index (κ3) is 3.29. The number of carbonyl (C=O) groups excluding carboxylic acids is 1. The van der Waals surface area contributed by atoms with E-state index in [2.05, 4.69) is 9.46 Å². The molecule has 0 saturated carbocycles. The zero-order chi connectivity index (χ0) is 8.81. The molecule has 0 atom stereocenters. The quantitative estimate of drug-likeness (QED) is 0.635. The molecule has 0 unspecified atom stereocenters. The summed E-state index contributed by atoms with van der Waals surface area (Å²) in [6.45, 7) is 3.09. The van der Waals surface area contributed by atoms with E-state index in [0.717, 1.165) is 26.3 Å². The highest BCUT2D eigenvalue weighted by Crippen LogP contribution is 2.07. The van der Waals surface area contributed by atoms with Crippen LogP contribution in [0.4, 0.5) is 4.79 Å². The number of ether oxygens (including phenoxy) is 2. The molecular formula is C6H12N2O3S. The molecule has 0 radical (unpaired) electrons. The molecule has 1 fully saturated rings. The van der Waals surface area contributed by atoms with Gasteiger partial charge in [0.2, 0.25) is 0 Å². The summed E-state index contributed by atoms with van der Waals surface area (Å²) in [5.41, 5.74) is 0. The molecule has 0 aromatic heterocycles. The molecule has 0 aromatic rings. The van der Waals surface area contributed by atoms with Crippen molar-refractivity contribution in [1.29, 1.82) is 0 Å². The number of hydrogen-bond acceptors (Lipinski definition) is 5. The number of methoxy groups -OCH3 is 1. The van der Waals surface area contributed by atoms with Gasteiger partial charge in [-0.3, -0.25) is 4.72 Å². The Bertz CT molecular complexity index is 150. The molecule has 0 aliphatic carbocycles. The van der Waals surface area contributed by atoms with Gasteiger partial charge < -0.3 is 9.47 Å². The summed E-state index contributed by atoms with van der Waals surface area (Å²) in [5, 5.41) is 0. The molecule has 1 rings (SSSR count). The number of hydrogen-bond donors (Lipinski definition) is 1. The Morgan fingerprint density at radius 1 is 1.58 bits per heavy atom. The number of nitrogens with one attached hydrogen (secondary N) is 1. The first kappa shape index (κ1) is 9.63. The van der Waals surface area contributed by atoms with Gasteiger partial charge in [-0.2, -0.15) is 0 Å². The SMILES string of the molecule is COC(=O)NSN1CCOCC1. The van der Waals surface area contributed by atoms with E-state index in [-0.39, 0.29) is 0 Å². The van der Waals surface area contributed by atoms with Crippen molar-refractivity contribution in [3.63, 3.8) is 0 Å². The van der Waals surface area contributed by atoms with Crippen LogP contribution in [0, 0.1) is 0 Å². The molecule has 0 spiro atoms. The fourth-order valence-corrected chi connectivity index (χ4v) is 1.40. The van der Waals surface area contributed by atoms with Crippen molar-refractivity contribution in [2.45, 2.75) is 0 Å². The van der Waals surface area contributed by atoms with E-state index in [0.29, 0.717) is 0 Å². The van der Waals surface area contributed by atoms with E-state index in [9.17, 15) is 4.79 Å². The average Bonchev–Trinajstić information content (AvgIpc) is 2.16. The van der Waals surface area contributed by atoms with E-state index in [1.54, 1.807) is 0 Å². The number of rotatable bonds is 2. The maximum atomic E-state index is 10.6. The fourth-order valence-electron chi connectivity index (χ4n) is 0.781. The molecule has 12 heavy (non-hydrogen) atoms. The van der Waals surface area contributed by atoms with Crippen LogP contribution in [0.25, 0.3) is 0 Å². The third-order valence-corrected chi connectivity index (χ3v) is 2.29. The largest absolute Gasteiger partial charge is 0.452 e. The van der Waals surface area contributed by atoms with Gasteiger partial charge >= 0.3 is 6.09 Å². The normalized spacial score (nSPS) is 18.8. The lowest BCUT2D eigenvalue weighted by atomic mass is 10.5. The number of carbonyl (C=O) groups is 1. The Labute approximate surface area is 75.7 Å². The zero-order valence-electron chi connectivity index (χ0n) is 6.91. The monoisotopic (exact) mass is 192 g/mol. The minimum Gasteiger partial charge on any atom is -0.452 e. The number of nitrogens with zero attached hydrogens (tertiary/aromatic N) is 1. The van der Waals surface area contributed by atoms with Crippen molar-refractivity contribution in [3.05, 3.63) is 0 Å². The van der Waals surface area contributed by atoms with Gasteiger partial charge in [0.15, 0.2) is 0 Å². The summed E-state index contributed by atoms with van der Waals surface area (Å²) < 4.78 is 14.1. The maximum Gasteiger partial charge on any atom is 0.417 e. The van der Waals surface area contributed by atoms with Gasteiger partial charge in [-0.1, -0.05) is 0 Å². The lowest BCUT2D eigenvalue weighted by Crippen LogP contribution is -2.34. The molecule has 1 N–H and O–H groups in total. The van der Waals surface area contributed by atoms with Crippen LogP contribution in [0.5, 0.6) is 0 Å². The second-order valence-electron chi connectivity index (χ2n) is 2.23. The summed E-state index contributed by atoms with van der Waals surface area (Å²) >= 11 is 1.26. The molecule has 1 aliphatic heterocycles. The van der Waals surface area contributed by atoms with E-state index < -0.39 is 6.09 Å². The average molecular weight is 192 g/mol. The van der Waals surface area contributed by atoms with Crippen LogP contribution in [-0.4, -0.2) is 43.8 Å². The Morgan fingerprint density at radius 2 is 2.25 bits per heavy atom. The second kappa shape index (κ2) is 5.23. The number of morpholine rings is 1. The molecule has 6 heteroatoms. The zero-order valence-corrected chi connectivity index (χ0v) is 7.73. The van der Waals surface area contributed by atoms with Crippen LogP contribution >= 0.6 is 12.1 Å². The molecule has 1 aliphatic rings. The van der Waals surface area contributed by atoms with Crippen molar-refractivity contribution in [3.8, 4) is 0 Å². The number of amides is 1. The van der Waals surface area contributed by atoms with E-state index in [1.807, 2.05) is 4.31 Å². The predicted octanol–water partition coefficient (Wildman–Crippen LogP) is 0.238. The van der Waals surface area contributed by atoms with Gasteiger partial charge in [-0.25, -0.2) is 9.10 Å². The fraction of sp³-hybridized carbons (Fsp3) is 0.833. The van der Waals surface area contributed by atoms with E-state index in [1.165, 1.54) is 19.2 Å². The lowest BCUT2D eigenvalue weighted by Gasteiger charge is -2.24. The predicted molar refractivity (Wildman–Crippen MR) is 45.5 cm³/mol. The van der Waals surface area contributed by atoms with Crippen LogP contribution in [0.3, 0.4) is 0 Å². The van der Waals surface area contributed by atoms with E-state index in [4.69, 9.17) is 4.74 Å². The standard InChI is InChI=1S/C6H12N2O3S/c1-10-6(9)7-12-8-2-4-11-5-3-8/h2-5H2,1H3,(H,7,9). The molecule has 5 nitrogen and oxygen atoms in total. The van der Waals surface area contributed by atoms with E-state index >= 15 is 0 Å². The molecule has 1 saturated heterocycles. The first-order valence-electron chi connectivity index (χ1n) is 3.66. The van der Waals surface area contributed by atoms with Gasteiger partial charge in [0.05, 0.1) is 20.3 Å². The van der Waals surface area contributed by atoms with Gasteiger partial charge in [0.1, 0.15) is 0 Å². The molecule has 0 bridgehead atoms. The van der Waals surface area contributed by atoms with Crippen LogP contribution in [0.2, 0.25) is 0 Å². The molecule has 70 valence electrons. The van der Waals surface area contributed by atoms with Crippen LogP contribution < -0.4 is 4.72 Å². The van der Waals surface area contributed by atoms with Crippen molar-refractivity contribution in [2.24, 2.45) is 0 Å². The first-order valence-corrected chi connectivity index (χ1v) is 4.44. The molecular weight excluding hydrogens is 180 g/mol. The van der Waals surface area contributed by atoms with Gasteiger partial charge in [-0.05, 0) is 0 Å². The Hall–Kier alpha value is -0.460. The Balaban J connectivity index is 2.09. The maximum absolute atomic E-state index is 10.6. The van der Waals surface area contributed by atoms with Crippen molar-refractivity contribution in [1.82, 2.24) is 9.03 Å². The first-order chi connectivity index (χ1) is 5.83.